The molecule has 1 atom stereocenters. The normalized spacial score (nSPS) is 19.4. The maximum Gasteiger partial charge on any atom is 0.241 e. The minimum Gasteiger partial charge on any atom is -0.313 e. The zero-order chi connectivity index (χ0) is 14.8. The molecule has 1 aromatic carbocycles. The third-order valence-electron chi connectivity index (χ3n) is 4.17. The highest BCUT2D eigenvalue weighted by Gasteiger charge is 2.36. The lowest BCUT2D eigenvalue weighted by molar-refractivity contribution is 0.248. The Bertz CT molecular complexity index is 561. The Balaban J connectivity index is 2.25. The molecule has 4 nitrogen and oxygen atoms in total. The van der Waals surface area contributed by atoms with Crippen molar-refractivity contribution >= 4 is 10.0 Å². The average molecular weight is 296 g/mol. The molecule has 0 heterocycles. The van der Waals surface area contributed by atoms with Crippen LogP contribution in [0.1, 0.15) is 51.1 Å². The molecule has 1 unspecified atom stereocenters. The minimum atomic E-state index is -3.43. The zero-order valence-corrected chi connectivity index (χ0v) is 13.3. The van der Waals surface area contributed by atoms with Gasteiger partial charge in [-0.05, 0) is 57.4 Å². The average Bonchev–Trinajstić information content (AvgIpc) is 2.38. The van der Waals surface area contributed by atoms with Crippen molar-refractivity contribution in [3.8, 4) is 0 Å². The van der Waals surface area contributed by atoms with Crippen LogP contribution >= 0.6 is 0 Å². The lowest BCUT2D eigenvalue weighted by Crippen LogP contribution is -2.50. The Kier molecular flexibility index (Phi) is 4.52. The number of benzene rings is 1. The lowest BCUT2D eigenvalue weighted by Gasteiger charge is -2.38. The maximum atomic E-state index is 12.5. The van der Waals surface area contributed by atoms with Gasteiger partial charge >= 0.3 is 0 Å². The van der Waals surface area contributed by atoms with Gasteiger partial charge in [0.1, 0.15) is 0 Å². The van der Waals surface area contributed by atoms with Gasteiger partial charge in [0.2, 0.25) is 10.0 Å². The molecule has 0 amide bonds. The summed E-state index contributed by atoms with van der Waals surface area (Å²) in [5.41, 5.74) is 0.749. The Hall–Kier alpha value is -0.910. The first-order valence-electron chi connectivity index (χ1n) is 7.21. The fourth-order valence-electron chi connectivity index (χ4n) is 2.70. The van der Waals surface area contributed by atoms with Crippen molar-refractivity contribution in [2.75, 3.05) is 7.05 Å². The highest BCUT2D eigenvalue weighted by molar-refractivity contribution is 7.89. The van der Waals surface area contributed by atoms with E-state index >= 15 is 0 Å². The van der Waals surface area contributed by atoms with Crippen LogP contribution in [-0.2, 0) is 10.0 Å². The van der Waals surface area contributed by atoms with Crippen molar-refractivity contribution in [2.24, 2.45) is 0 Å². The second-order valence-corrected chi connectivity index (χ2v) is 7.52. The van der Waals surface area contributed by atoms with Crippen molar-refractivity contribution < 1.29 is 8.42 Å². The van der Waals surface area contributed by atoms with E-state index in [1.54, 1.807) is 12.1 Å². The van der Waals surface area contributed by atoms with Gasteiger partial charge in [0, 0.05) is 11.6 Å². The van der Waals surface area contributed by atoms with Gasteiger partial charge in [0.25, 0.3) is 0 Å². The molecule has 1 fully saturated rings. The van der Waals surface area contributed by atoms with Crippen molar-refractivity contribution in [1.29, 1.82) is 0 Å². The molecule has 1 aromatic rings. The molecule has 112 valence electrons. The van der Waals surface area contributed by atoms with Crippen LogP contribution in [0.4, 0.5) is 0 Å². The van der Waals surface area contributed by atoms with Gasteiger partial charge in [-0.3, -0.25) is 0 Å². The molecule has 0 saturated heterocycles. The standard InChI is InChI=1S/C15H24N2O2S/c1-4-14(16-3)12-7-5-8-13(11-12)20(18,19)17-15(2)9-6-10-15/h5,7-8,11,14,16-17H,4,6,9-10H2,1-3H3. The SMILES string of the molecule is CCC(NC)c1cccc(S(=O)(=O)NC2(C)CCC2)c1. The predicted octanol–water partition coefficient (Wildman–Crippen LogP) is 2.58. The molecule has 2 N–H and O–H groups in total. The third kappa shape index (κ3) is 3.22. The van der Waals surface area contributed by atoms with Gasteiger partial charge in [-0.2, -0.15) is 0 Å². The predicted molar refractivity (Wildman–Crippen MR) is 81.1 cm³/mol. The zero-order valence-electron chi connectivity index (χ0n) is 12.4. The Labute approximate surface area is 122 Å². The van der Waals surface area contributed by atoms with E-state index < -0.39 is 10.0 Å². The van der Waals surface area contributed by atoms with Gasteiger partial charge in [0.05, 0.1) is 4.90 Å². The van der Waals surface area contributed by atoms with Crippen LogP contribution in [-0.4, -0.2) is 21.0 Å². The first kappa shape index (κ1) is 15.5. The van der Waals surface area contributed by atoms with Crippen LogP contribution in [0.25, 0.3) is 0 Å². The molecule has 2 rings (SSSR count). The molecule has 1 aliphatic carbocycles. The van der Waals surface area contributed by atoms with Gasteiger partial charge in [-0.15, -0.1) is 0 Å². The molecular formula is C15H24N2O2S. The van der Waals surface area contributed by atoms with Crippen LogP contribution in [0.3, 0.4) is 0 Å². The summed E-state index contributed by atoms with van der Waals surface area (Å²) in [5, 5.41) is 3.20. The molecule has 0 aromatic heterocycles. The molecule has 20 heavy (non-hydrogen) atoms. The van der Waals surface area contributed by atoms with E-state index in [1.807, 2.05) is 26.1 Å². The number of nitrogens with one attached hydrogen (secondary N) is 2. The van der Waals surface area contributed by atoms with E-state index in [2.05, 4.69) is 17.0 Å². The summed E-state index contributed by atoms with van der Waals surface area (Å²) in [4.78, 5) is 0.358. The third-order valence-corrected chi connectivity index (χ3v) is 5.80. The van der Waals surface area contributed by atoms with Crippen LogP contribution in [0.15, 0.2) is 29.2 Å². The summed E-state index contributed by atoms with van der Waals surface area (Å²) in [6.07, 6.45) is 3.85. The Morgan fingerprint density at radius 1 is 1.35 bits per heavy atom. The minimum absolute atomic E-state index is 0.185. The molecule has 1 aliphatic rings. The van der Waals surface area contributed by atoms with Gasteiger partial charge < -0.3 is 5.32 Å². The van der Waals surface area contributed by atoms with Crippen molar-refractivity contribution in [3.05, 3.63) is 29.8 Å². The van der Waals surface area contributed by atoms with Gasteiger partial charge in [-0.1, -0.05) is 19.1 Å². The summed E-state index contributed by atoms with van der Waals surface area (Å²) in [7, 11) is -1.54. The molecule has 0 aliphatic heterocycles. The van der Waals surface area contributed by atoms with E-state index in [4.69, 9.17) is 0 Å². The van der Waals surface area contributed by atoms with Crippen molar-refractivity contribution in [1.82, 2.24) is 10.0 Å². The van der Waals surface area contributed by atoms with E-state index in [0.29, 0.717) is 4.90 Å². The van der Waals surface area contributed by atoms with E-state index in [1.165, 1.54) is 0 Å². The molecule has 1 saturated carbocycles. The molecule has 0 radical (unpaired) electrons. The molecule has 0 spiro atoms. The van der Waals surface area contributed by atoms with Crippen LogP contribution in [0, 0.1) is 0 Å². The quantitative estimate of drug-likeness (QED) is 0.848. The number of hydrogen-bond acceptors (Lipinski definition) is 3. The van der Waals surface area contributed by atoms with Crippen LogP contribution in [0.5, 0.6) is 0 Å². The van der Waals surface area contributed by atoms with Gasteiger partial charge in [0.15, 0.2) is 0 Å². The number of sulfonamides is 1. The lowest BCUT2D eigenvalue weighted by atomic mass is 9.80. The Morgan fingerprint density at radius 3 is 2.55 bits per heavy atom. The number of rotatable bonds is 6. The van der Waals surface area contributed by atoms with Gasteiger partial charge in [-0.25, -0.2) is 13.1 Å². The van der Waals surface area contributed by atoms with E-state index in [-0.39, 0.29) is 11.6 Å². The fraction of sp³-hybridized carbons (Fsp3) is 0.600. The topological polar surface area (TPSA) is 58.2 Å². The Morgan fingerprint density at radius 2 is 2.05 bits per heavy atom. The summed E-state index contributed by atoms with van der Waals surface area (Å²) in [6, 6.07) is 7.40. The van der Waals surface area contributed by atoms with E-state index in [0.717, 1.165) is 31.2 Å². The maximum absolute atomic E-state index is 12.5. The fourth-order valence-corrected chi connectivity index (χ4v) is 4.22. The monoisotopic (exact) mass is 296 g/mol. The van der Waals surface area contributed by atoms with Crippen LogP contribution < -0.4 is 10.0 Å². The molecular weight excluding hydrogens is 272 g/mol. The first-order chi connectivity index (χ1) is 9.40. The summed E-state index contributed by atoms with van der Waals surface area (Å²) < 4.78 is 27.8. The van der Waals surface area contributed by atoms with Crippen molar-refractivity contribution in [2.45, 2.75) is 56.0 Å². The summed E-state index contributed by atoms with van der Waals surface area (Å²) in [6.45, 7) is 4.05. The smallest absolute Gasteiger partial charge is 0.241 e. The largest absolute Gasteiger partial charge is 0.313 e. The second kappa shape index (κ2) is 5.84. The molecule has 0 bridgehead atoms. The van der Waals surface area contributed by atoms with E-state index in [9.17, 15) is 8.42 Å². The summed E-state index contributed by atoms with van der Waals surface area (Å²) >= 11 is 0. The molecule has 5 heteroatoms. The summed E-state index contributed by atoms with van der Waals surface area (Å²) in [5.74, 6) is 0. The second-order valence-electron chi connectivity index (χ2n) is 5.84. The first-order valence-corrected chi connectivity index (χ1v) is 8.70. The van der Waals surface area contributed by atoms with Crippen LogP contribution in [0.2, 0.25) is 0 Å². The highest BCUT2D eigenvalue weighted by Crippen LogP contribution is 2.32. The van der Waals surface area contributed by atoms with Crippen molar-refractivity contribution in [3.63, 3.8) is 0 Å². The highest BCUT2D eigenvalue weighted by atomic mass is 32.2. The number of hydrogen-bond donors (Lipinski definition) is 2.